The molecule has 0 saturated heterocycles. The van der Waals surface area contributed by atoms with Crippen molar-refractivity contribution in [2.45, 2.75) is 13.5 Å². The number of nitrogens with one attached hydrogen (secondary N) is 2. The maximum atomic E-state index is 12.5. The number of nitrogens with zero attached hydrogens (tertiary/aromatic N) is 2. The zero-order valence-corrected chi connectivity index (χ0v) is 17.9. The first-order valence-electron chi connectivity index (χ1n) is 10.4. The Balaban J connectivity index is 1.39. The molecule has 2 N–H and O–H groups in total. The third kappa shape index (κ3) is 5.24. The first-order valence-corrected chi connectivity index (χ1v) is 10.4. The molecular formula is C25H22N4O4. The molecule has 0 aliphatic heterocycles. The summed E-state index contributed by atoms with van der Waals surface area (Å²) in [6.07, 6.45) is 1.20. The van der Waals surface area contributed by atoms with Crippen LogP contribution in [0.2, 0.25) is 0 Å². The summed E-state index contributed by atoms with van der Waals surface area (Å²) < 4.78 is 6.76. The zero-order chi connectivity index (χ0) is 23.2. The van der Waals surface area contributed by atoms with Gasteiger partial charge in [0.1, 0.15) is 12.3 Å². The monoisotopic (exact) mass is 442 g/mol. The first-order chi connectivity index (χ1) is 16.0. The summed E-state index contributed by atoms with van der Waals surface area (Å²) in [5.74, 6) is 0.101. The van der Waals surface area contributed by atoms with Crippen LogP contribution in [0.15, 0.2) is 83.8 Å². The fraction of sp³-hybridized carbons (Fsp3) is 0.120. The minimum absolute atomic E-state index is 0.151. The standard InChI is InChI=1S/C25H22N4O4/c1-2-33-20-13-11-19(12-14-20)28-25(32)17-7-9-18(10-8-17)27-23(30)16-29-22-6-4-3-5-21(22)26-15-24(29)31/h3-15H,2,16H2,1H3,(H,27,30)(H,28,32). The van der Waals surface area contributed by atoms with Crippen molar-refractivity contribution in [3.05, 3.63) is 94.9 Å². The summed E-state index contributed by atoms with van der Waals surface area (Å²) in [5, 5.41) is 5.57. The van der Waals surface area contributed by atoms with Crippen molar-refractivity contribution in [2.24, 2.45) is 0 Å². The number of fused-ring (bicyclic) bond motifs is 1. The Kier molecular flexibility index (Phi) is 6.45. The van der Waals surface area contributed by atoms with Crippen molar-refractivity contribution < 1.29 is 14.3 Å². The second-order valence-electron chi connectivity index (χ2n) is 7.21. The molecule has 3 aromatic carbocycles. The number of hydrogen-bond donors (Lipinski definition) is 2. The number of carbonyl (C=O) groups is 2. The number of para-hydroxylation sites is 2. The Morgan fingerprint density at radius 1 is 0.909 bits per heavy atom. The quantitative estimate of drug-likeness (QED) is 0.455. The van der Waals surface area contributed by atoms with Gasteiger partial charge in [-0.15, -0.1) is 0 Å². The van der Waals surface area contributed by atoms with Crippen LogP contribution in [0.1, 0.15) is 17.3 Å². The number of ether oxygens (including phenoxy) is 1. The lowest BCUT2D eigenvalue weighted by Crippen LogP contribution is -2.28. The van der Waals surface area contributed by atoms with Gasteiger partial charge in [-0.25, -0.2) is 4.98 Å². The highest BCUT2D eigenvalue weighted by atomic mass is 16.5. The fourth-order valence-corrected chi connectivity index (χ4v) is 3.33. The van der Waals surface area contributed by atoms with Crippen molar-refractivity contribution >= 4 is 34.2 Å². The van der Waals surface area contributed by atoms with Crippen LogP contribution < -0.4 is 20.9 Å². The molecule has 0 saturated carbocycles. The van der Waals surface area contributed by atoms with E-state index >= 15 is 0 Å². The predicted molar refractivity (Wildman–Crippen MR) is 127 cm³/mol. The lowest BCUT2D eigenvalue weighted by molar-refractivity contribution is -0.116. The summed E-state index contributed by atoms with van der Waals surface area (Å²) in [6.45, 7) is 2.33. The molecule has 0 aliphatic carbocycles. The van der Waals surface area contributed by atoms with Gasteiger partial charge in [-0.2, -0.15) is 0 Å². The van der Waals surface area contributed by atoms with Crippen molar-refractivity contribution in [1.29, 1.82) is 0 Å². The van der Waals surface area contributed by atoms with Gasteiger partial charge in [0.2, 0.25) is 5.91 Å². The van der Waals surface area contributed by atoms with E-state index in [1.807, 2.05) is 13.0 Å². The molecule has 0 unspecified atom stereocenters. The van der Waals surface area contributed by atoms with Crippen LogP contribution in [-0.2, 0) is 11.3 Å². The highest BCUT2D eigenvalue weighted by molar-refractivity contribution is 6.04. The molecule has 0 fully saturated rings. The molecule has 166 valence electrons. The average molecular weight is 442 g/mol. The van der Waals surface area contributed by atoms with Gasteiger partial charge in [-0.1, -0.05) is 12.1 Å². The van der Waals surface area contributed by atoms with Crippen molar-refractivity contribution in [3.63, 3.8) is 0 Å². The van der Waals surface area contributed by atoms with Gasteiger partial charge in [-0.3, -0.25) is 19.0 Å². The lowest BCUT2D eigenvalue weighted by Gasteiger charge is -2.11. The first kappa shape index (κ1) is 21.8. The number of hydrogen-bond acceptors (Lipinski definition) is 5. The molecule has 1 aromatic heterocycles. The van der Waals surface area contributed by atoms with E-state index < -0.39 is 0 Å². The van der Waals surface area contributed by atoms with Crippen LogP contribution in [-0.4, -0.2) is 28.0 Å². The Morgan fingerprint density at radius 3 is 2.30 bits per heavy atom. The Bertz CT molecular complexity index is 1350. The Labute approximate surface area is 189 Å². The van der Waals surface area contributed by atoms with E-state index in [1.165, 1.54) is 10.8 Å². The third-order valence-corrected chi connectivity index (χ3v) is 4.91. The minimum Gasteiger partial charge on any atom is -0.494 e. The van der Waals surface area contributed by atoms with Crippen LogP contribution in [0.5, 0.6) is 5.75 Å². The van der Waals surface area contributed by atoms with Gasteiger partial charge in [0, 0.05) is 16.9 Å². The molecule has 8 nitrogen and oxygen atoms in total. The van der Waals surface area contributed by atoms with E-state index in [-0.39, 0.29) is 23.9 Å². The third-order valence-electron chi connectivity index (χ3n) is 4.91. The van der Waals surface area contributed by atoms with E-state index in [0.29, 0.717) is 34.6 Å². The SMILES string of the molecule is CCOc1ccc(NC(=O)c2ccc(NC(=O)Cn3c(=O)cnc4ccccc43)cc2)cc1. The van der Waals surface area contributed by atoms with Crippen molar-refractivity contribution in [1.82, 2.24) is 9.55 Å². The second kappa shape index (κ2) is 9.78. The average Bonchev–Trinajstić information content (AvgIpc) is 2.83. The molecule has 0 radical (unpaired) electrons. The molecule has 2 amide bonds. The molecular weight excluding hydrogens is 420 g/mol. The molecule has 33 heavy (non-hydrogen) atoms. The molecule has 8 heteroatoms. The number of carbonyl (C=O) groups excluding carboxylic acids is 2. The smallest absolute Gasteiger partial charge is 0.269 e. The predicted octanol–water partition coefficient (Wildman–Crippen LogP) is 3.69. The Morgan fingerprint density at radius 2 is 1.58 bits per heavy atom. The molecule has 0 atom stereocenters. The minimum atomic E-state index is -0.361. The van der Waals surface area contributed by atoms with E-state index in [4.69, 9.17) is 4.74 Å². The normalized spacial score (nSPS) is 10.6. The second-order valence-corrected chi connectivity index (χ2v) is 7.21. The summed E-state index contributed by atoms with van der Waals surface area (Å²) >= 11 is 0. The number of anilines is 2. The largest absolute Gasteiger partial charge is 0.494 e. The fourth-order valence-electron chi connectivity index (χ4n) is 3.33. The summed E-state index contributed by atoms with van der Waals surface area (Å²) in [7, 11) is 0. The molecule has 1 heterocycles. The molecule has 4 aromatic rings. The van der Waals surface area contributed by atoms with Crippen LogP contribution in [0.4, 0.5) is 11.4 Å². The number of aromatic nitrogens is 2. The van der Waals surface area contributed by atoms with Gasteiger partial charge < -0.3 is 15.4 Å². The lowest BCUT2D eigenvalue weighted by atomic mass is 10.2. The number of rotatable bonds is 7. The van der Waals surface area contributed by atoms with Crippen molar-refractivity contribution in [3.8, 4) is 5.75 Å². The molecule has 0 aliphatic rings. The highest BCUT2D eigenvalue weighted by Crippen LogP contribution is 2.17. The van der Waals surface area contributed by atoms with Gasteiger partial charge >= 0.3 is 0 Å². The topological polar surface area (TPSA) is 102 Å². The van der Waals surface area contributed by atoms with Crippen LogP contribution in [0, 0.1) is 0 Å². The summed E-state index contributed by atoms with van der Waals surface area (Å²) in [4.78, 5) is 41.3. The highest BCUT2D eigenvalue weighted by Gasteiger charge is 2.11. The van der Waals surface area contributed by atoms with Crippen molar-refractivity contribution in [2.75, 3.05) is 17.2 Å². The van der Waals surface area contributed by atoms with Gasteiger partial charge in [0.25, 0.3) is 11.5 Å². The van der Waals surface area contributed by atoms with Gasteiger partial charge in [-0.05, 0) is 67.6 Å². The van der Waals surface area contributed by atoms with Crippen LogP contribution >= 0.6 is 0 Å². The maximum Gasteiger partial charge on any atom is 0.269 e. The molecule has 4 rings (SSSR count). The van der Waals surface area contributed by atoms with E-state index in [9.17, 15) is 14.4 Å². The van der Waals surface area contributed by atoms with Gasteiger partial charge in [0.15, 0.2) is 0 Å². The Hall–Kier alpha value is -4.46. The summed E-state index contributed by atoms with van der Waals surface area (Å²) in [5.41, 5.74) is 2.47. The molecule has 0 spiro atoms. The van der Waals surface area contributed by atoms with Crippen LogP contribution in [0.3, 0.4) is 0 Å². The van der Waals surface area contributed by atoms with Gasteiger partial charge in [0.05, 0.1) is 23.8 Å². The van der Waals surface area contributed by atoms with E-state index in [1.54, 1.807) is 66.7 Å². The zero-order valence-electron chi connectivity index (χ0n) is 17.9. The van der Waals surface area contributed by atoms with E-state index in [0.717, 1.165) is 5.75 Å². The molecule has 0 bridgehead atoms. The van der Waals surface area contributed by atoms with Crippen LogP contribution in [0.25, 0.3) is 11.0 Å². The summed E-state index contributed by atoms with van der Waals surface area (Å²) in [6, 6.07) is 20.7. The maximum absolute atomic E-state index is 12.5. The number of benzene rings is 3. The van der Waals surface area contributed by atoms with E-state index in [2.05, 4.69) is 15.6 Å². The number of amides is 2.